The molecule has 1 unspecified atom stereocenters. The van der Waals surface area contributed by atoms with Gasteiger partial charge in [-0.1, -0.05) is 24.3 Å². The van der Waals surface area contributed by atoms with E-state index in [-0.39, 0.29) is 17.9 Å². The molecule has 25 heavy (non-hydrogen) atoms. The molecule has 0 bridgehead atoms. The fourth-order valence-electron chi connectivity index (χ4n) is 4.54. The highest BCUT2D eigenvalue weighted by atomic mass is 16.7. The molecule has 1 heterocycles. The van der Waals surface area contributed by atoms with Crippen molar-refractivity contribution in [2.24, 2.45) is 5.92 Å². The van der Waals surface area contributed by atoms with Crippen LogP contribution < -0.4 is 5.32 Å². The molecule has 2 aliphatic carbocycles. The summed E-state index contributed by atoms with van der Waals surface area (Å²) in [7, 11) is 1.91. The molecule has 1 aromatic carbocycles. The van der Waals surface area contributed by atoms with Gasteiger partial charge in [0.25, 0.3) is 0 Å². The molecule has 1 aliphatic heterocycles. The Morgan fingerprint density at radius 1 is 1.20 bits per heavy atom. The normalized spacial score (nSPS) is 25.1. The summed E-state index contributed by atoms with van der Waals surface area (Å²) in [6.07, 6.45) is 6.07. The Kier molecular flexibility index (Phi) is 4.69. The third kappa shape index (κ3) is 3.40. The summed E-state index contributed by atoms with van der Waals surface area (Å²) in [5, 5.41) is 3.14. The maximum Gasteiger partial charge on any atom is 0.317 e. The fourth-order valence-corrected chi connectivity index (χ4v) is 4.54. The molecule has 1 saturated heterocycles. The second-order valence-electron chi connectivity index (χ2n) is 7.60. The van der Waals surface area contributed by atoms with Crippen LogP contribution in [0.2, 0.25) is 0 Å². The first-order chi connectivity index (χ1) is 12.2. The average Bonchev–Trinajstić information content (AvgIpc) is 3.28. The Balaban J connectivity index is 1.27. The molecule has 3 aliphatic rings. The van der Waals surface area contributed by atoms with Crippen molar-refractivity contribution >= 4 is 6.03 Å². The summed E-state index contributed by atoms with van der Waals surface area (Å²) in [5.74, 6) is 0.205. The highest BCUT2D eigenvalue weighted by molar-refractivity contribution is 5.74. The molecule has 136 valence electrons. The fraction of sp³-hybridized carbons (Fsp3) is 0.650. The number of aryl methyl sites for hydroxylation is 1. The smallest absolute Gasteiger partial charge is 0.317 e. The van der Waals surface area contributed by atoms with Gasteiger partial charge < -0.3 is 19.7 Å². The SMILES string of the molecule is CN(C(=O)NCC1CCC2(CC1)OCCO2)C1CCc2ccccc21. The number of carbonyl (C=O) groups is 1. The first-order valence-corrected chi connectivity index (χ1v) is 9.53. The number of urea groups is 1. The second kappa shape index (κ2) is 6.96. The van der Waals surface area contributed by atoms with Crippen LogP contribution in [0.3, 0.4) is 0 Å². The maximum absolute atomic E-state index is 12.6. The van der Waals surface area contributed by atoms with Gasteiger partial charge in [-0.3, -0.25) is 0 Å². The zero-order chi connectivity index (χ0) is 17.3. The van der Waals surface area contributed by atoms with Crippen LogP contribution in [0.5, 0.6) is 0 Å². The molecular formula is C20H28N2O3. The minimum atomic E-state index is -0.315. The van der Waals surface area contributed by atoms with Gasteiger partial charge in [0.05, 0.1) is 19.3 Å². The molecule has 1 aromatic rings. The van der Waals surface area contributed by atoms with Crippen LogP contribution in [0, 0.1) is 5.92 Å². The van der Waals surface area contributed by atoms with Crippen molar-refractivity contribution in [3.8, 4) is 0 Å². The zero-order valence-corrected chi connectivity index (χ0v) is 15.0. The van der Waals surface area contributed by atoms with Gasteiger partial charge in [0.1, 0.15) is 0 Å². The van der Waals surface area contributed by atoms with E-state index in [9.17, 15) is 4.79 Å². The summed E-state index contributed by atoms with van der Waals surface area (Å²) in [6, 6.07) is 8.70. The van der Waals surface area contributed by atoms with Crippen LogP contribution in [0.1, 0.15) is 49.3 Å². The van der Waals surface area contributed by atoms with Crippen LogP contribution in [0.4, 0.5) is 4.79 Å². The quantitative estimate of drug-likeness (QED) is 0.916. The first-order valence-electron chi connectivity index (χ1n) is 9.53. The number of rotatable bonds is 3. The molecule has 1 saturated carbocycles. The number of nitrogens with zero attached hydrogens (tertiary/aromatic N) is 1. The number of hydrogen-bond acceptors (Lipinski definition) is 3. The van der Waals surface area contributed by atoms with Crippen LogP contribution >= 0.6 is 0 Å². The summed E-state index contributed by atoms with van der Waals surface area (Å²) in [5.41, 5.74) is 2.68. The van der Waals surface area contributed by atoms with Crippen molar-refractivity contribution in [1.82, 2.24) is 10.2 Å². The van der Waals surface area contributed by atoms with Gasteiger partial charge in [0, 0.05) is 26.4 Å². The lowest BCUT2D eigenvalue weighted by Gasteiger charge is -2.35. The minimum absolute atomic E-state index is 0.0374. The summed E-state index contributed by atoms with van der Waals surface area (Å²) < 4.78 is 11.6. The summed E-state index contributed by atoms with van der Waals surface area (Å²) >= 11 is 0. The number of carbonyl (C=O) groups excluding carboxylic acids is 1. The van der Waals surface area contributed by atoms with Crippen molar-refractivity contribution in [1.29, 1.82) is 0 Å². The van der Waals surface area contributed by atoms with E-state index in [1.807, 2.05) is 11.9 Å². The van der Waals surface area contributed by atoms with E-state index in [0.717, 1.165) is 58.3 Å². The van der Waals surface area contributed by atoms with Crippen LogP contribution in [-0.2, 0) is 15.9 Å². The topological polar surface area (TPSA) is 50.8 Å². The molecule has 1 spiro atoms. The Labute approximate surface area is 149 Å². The van der Waals surface area contributed by atoms with E-state index >= 15 is 0 Å². The Morgan fingerprint density at radius 2 is 1.92 bits per heavy atom. The largest absolute Gasteiger partial charge is 0.348 e. The Bertz CT molecular complexity index is 617. The predicted molar refractivity (Wildman–Crippen MR) is 95.3 cm³/mol. The Morgan fingerprint density at radius 3 is 2.68 bits per heavy atom. The zero-order valence-electron chi connectivity index (χ0n) is 15.0. The monoisotopic (exact) mass is 344 g/mol. The van der Waals surface area contributed by atoms with Gasteiger partial charge in [0.2, 0.25) is 0 Å². The van der Waals surface area contributed by atoms with Crippen molar-refractivity contribution in [3.63, 3.8) is 0 Å². The van der Waals surface area contributed by atoms with E-state index in [1.54, 1.807) is 0 Å². The highest BCUT2D eigenvalue weighted by Crippen LogP contribution is 2.38. The minimum Gasteiger partial charge on any atom is -0.348 e. The third-order valence-electron chi connectivity index (χ3n) is 6.11. The number of benzene rings is 1. The lowest BCUT2D eigenvalue weighted by Crippen LogP contribution is -2.43. The molecular weight excluding hydrogens is 316 g/mol. The van der Waals surface area contributed by atoms with Crippen molar-refractivity contribution in [2.75, 3.05) is 26.8 Å². The first kappa shape index (κ1) is 16.9. The molecule has 5 heteroatoms. The molecule has 1 atom stereocenters. The molecule has 2 amide bonds. The van der Waals surface area contributed by atoms with Gasteiger partial charge in [-0.25, -0.2) is 4.79 Å². The lowest BCUT2D eigenvalue weighted by atomic mass is 9.85. The van der Waals surface area contributed by atoms with Crippen molar-refractivity contribution in [2.45, 2.75) is 50.4 Å². The van der Waals surface area contributed by atoms with Crippen LogP contribution in [0.15, 0.2) is 24.3 Å². The molecule has 0 radical (unpaired) electrons. The summed E-state index contributed by atoms with van der Waals surface area (Å²) in [4.78, 5) is 14.5. The number of fused-ring (bicyclic) bond motifs is 1. The highest BCUT2D eigenvalue weighted by Gasteiger charge is 2.40. The third-order valence-corrected chi connectivity index (χ3v) is 6.11. The summed E-state index contributed by atoms with van der Waals surface area (Å²) in [6.45, 7) is 2.18. The van der Waals surface area contributed by atoms with E-state index in [4.69, 9.17) is 9.47 Å². The Hall–Kier alpha value is -1.59. The predicted octanol–water partition coefficient (Wildman–Crippen LogP) is 3.25. The van der Waals surface area contributed by atoms with E-state index in [0.29, 0.717) is 5.92 Å². The van der Waals surface area contributed by atoms with E-state index in [2.05, 4.69) is 29.6 Å². The number of ether oxygens (including phenoxy) is 2. The van der Waals surface area contributed by atoms with Gasteiger partial charge >= 0.3 is 6.03 Å². The number of amides is 2. The average molecular weight is 344 g/mol. The van der Waals surface area contributed by atoms with Crippen LogP contribution in [-0.4, -0.2) is 43.5 Å². The molecule has 5 nitrogen and oxygen atoms in total. The molecule has 1 N–H and O–H groups in total. The maximum atomic E-state index is 12.6. The number of nitrogens with one attached hydrogen (secondary N) is 1. The number of hydrogen-bond donors (Lipinski definition) is 1. The van der Waals surface area contributed by atoms with Gasteiger partial charge in [-0.05, 0) is 42.7 Å². The van der Waals surface area contributed by atoms with Crippen LogP contribution in [0.25, 0.3) is 0 Å². The van der Waals surface area contributed by atoms with Gasteiger partial charge in [0.15, 0.2) is 5.79 Å². The second-order valence-corrected chi connectivity index (χ2v) is 7.60. The van der Waals surface area contributed by atoms with Crippen molar-refractivity contribution < 1.29 is 14.3 Å². The lowest BCUT2D eigenvalue weighted by molar-refractivity contribution is -0.182. The molecule has 0 aromatic heterocycles. The van der Waals surface area contributed by atoms with E-state index < -0.39 is 0 Å². The molecule has 4 rings (SSSR count). The molecule has 2 fully saturated rings. The van der Waals surface area contributed by atoms with E-state index in [1.165, 1.54) is 11.1 Å². The van der Waals surface area contributed by atoms with Gasteiger partial charge in [-0.2, -0.15) is 0 Å². The standard InChI is InChI=1S/C20H28N2O3/c1-22(18-7-6-16-4-2-3-5-17(16)18)19(23)21-14-15-8-10-20(11-9-15)24-12-13-25-20/h2-5,15,18H,6-14H2,1H3,(H,21,23). The van der Waals surface area contributed by atoms with Gasteiger partial charge in [-0.15, -0.1) is 0 Å². The van der Waals surface area contributed by atoms with Crippen molar-refractivity contribution in [3.05, 3.63) is 35.4 Å².